The molecule has 1 aliphatic rings. The first-order valence-electron chi connectivity index (χ1n) is 6.73. The van der Waals surface area contributed by atoms with Gasteiger partial charge in [-0.05, 0) is 43.5 Å². The number of carboxylic acid groups (broad SMARTS) is 1. The fraction of sp³-hybridized carbons (Fsp3) is 0.333. The van der Waals surface area contributed by atoms with Crippen LogP contribution in [0.1, 0.15) is 19.3 Å². The zero-order chi connectivity index (χ0) is 15.2. The van der Waals surface area contributed by atoms with Crippen LogP contribution in [0.25, 0.3) is 11.0 Å². The number of hydrogen-bond acceptors (Lipinski definition) is 3. The predicted molar refractivity (Wildman–Crippen MR) is 75.9 cm³/mol. The SMILES string of the molecule is O=C(O)N1CCCCC1.O=c1ccc2cc(F)ccc2o1. The Bertz CT molecular complexity index is 677. The molecule has 0 aliphatic carbocycles. The van der Waals surface area contributed by atoms with Gasteiger partial charge in [-0.15, -0.1) is 0 Å². The Balaban J connectivity index is 0.000000161. The first-order chi connectivity index (χ1) is 10.1. The monoisotopic (exact) mass is 293 g/mol. The van der Waals surface area contributed by atoms with Gasteiger partial charge in [-0.1, -0.05) is 0 Å². The van der Waals surface area contributed by atoms with E-state index in [1.165, 1.54) is 41.7 Å². The van der Waals surface area contributed by atoms with E-state index >= 15 is 0 Å². The van der Waals surface area contributed by atoms with Crippen molar-refractivity contribution in [2.24, 2.45) is 0 Å². The topological polar surface area (TPSA) is 70.8 Å². The van der Waals surface area contributed by atoms with Crippen molar-refractivity contribution in [3.8, 4) is 0 Å². The van der Waals surface area contributed by atoms with Crippen molar-refractivity contribution >= 4 is 17.1 Å². The molecular formula is C15H16FNO4. The molecule has 6 heteroatoms. The first kappa shape index (κ1) is 15.0. The highest BCUT2D eigenvalue weighted by atomic mass is 19.1. The van der Waals surface area contributed by atoms with Gasteiger partial charge in [0.1, 0.15) is 11.4 Å². The maximum absolute atomic E-state index is 12.6. The number of benzene rings is 1. The van der Waals surface area contributed by atoms with Crippen LogP contribution in [0.4, 0.5) is 9.18 Å². The zero-order valence-corrected chi connectivity index (χ0v) is 11.4. The molecule has 1 aliphatic heterocycles. The van der Waals surface area contributed by atoms with Crippen LogP contribution in [-0.2, 0) is 0 Å². The van der Waals surface area contributed by atoms with Crippen molar-refractivity contribution in [1.29, 1.82) is 0 Å². The van der Waals surface area contributed by atoms with Gasteiger partial charge in [-0.2, -0.15) is 0 Å². The molecule has 1 aromatic heterocycles. The number of likely N-dealkylation sites (tertiary alicyclic amines) is 1. The number of rotatable bonds is 0. The molecule has 0 saturated carbocycles. The third-order valence-electron chi connectivity index (χ3n) is 3.21. The summed E-state index contributed by atoms with van der Waals surface area (Å²) >= 11 is 0. The average molecular weight is 293 g/mol. The lowest BCUT2D eigenvalue weighted by atomic mass is 10.1. The summed E-state index contributed by atoms with van der Waals surface area (Å²) in [5.41, 5.74) is -0.0157. The third-order valence-corrected chi connectivity index (χ3v) is 3.21. The summed E-state index contributed by atoms with van der Waals surface area (Å²) in [4.78, 5) is 22.5. The van der Waals surface area contributed by atoms with E-state index in [2.05, 4.69) is 0 Å². The summed E-state index contributed by atoms with van der Waals surface area (Å²) < 4.78 is 17.4. The molecule has 0 radical (unpaired) electrons. The number of nitrogens with zero attached hydrogens (tertiary/aromatic N) is 1. The lowest BCUT2D eigenvalue weighted by Crippen LogP contribution is -2.34. The van der Waals surface area contributed by atoms with Crippen LogP contribution in [0, 0.1) is 5.82 Å². The van der Waals surface area contributed by atoms with E-state index in [9.17, 15) is 14.0 Å². The Morgan fingerprint density at radius 1 is 1.14 bits per heavy atom. The fourth-order valence-corrected chi connectivity index (χ4v) is 2.13. The summed E-state index contributed by atoms with van der Waals surface area (Å²) in [5, 5.41) is 9.06. The van der Waals surface area contributed by atoms with Crippen molar-refractivity contribution in [3.63, 3.8) is 0 Å². The summed E-state index contributed by atoms with van der Waals surface area (Å²) in [6.07, 6.45) is 2.48. The molecule has 1 aromatic carbocycles. The highest BCUT2D eigenvalue weighted by Gasteiger charge is 2.13. The minimum absolute atomic E-state index is 0.337. The lowest BCUT2D eigenvalue weighted by Gasteiger charge is -2.22. The number of hydrogen-bond donors (Lipinski definition) is 1. The Morgan fingerprint density at radius 2 is 1.86 bits per heavy atom. The predicted octanol–water partition coefficient (Wildman–Crippen LogP) is 3.08. The fourth-order valence-electron chi connectivity index (χ4n) is 2.13. The number of carbonyl (C=O) groups is 1. The van der Waals surface area contributed by atoms with E-state index in [1.54, 1.807) is 0 Å². The molecule has 21 heavy (non-hydrogen) atoms. The van der Waals surface area contributed by atoms with Gasteiger partial charge in [0, 0.05) is 24.5 Å². The molecule has 0 spiro atoms. The maximum Gasteiger partial charge on any atom is 0.407 e. The van der Waals surface area contributed by atoms with Crippen molar-refractivity contribution in [3.05, 3.63) is 46.6 Å². The van der Waals surface area contributed by atoms with E-state index in [0.29, 0.717) is 11.0 Å². The van der Waals surface area contributed by atoms with Crippen LogP contribution in [0.15, 0.2) is 39.5 Å². The number of halogens is 1. The number of amides is 1. The van der Waals surface area contributed by atoms with Crippen LogP contribution in [-0.4, -0.2) is 29.2 Å². The van der Waals surface area contributed by atoms with Gasteiger partial charge in [-0.25, -0.2) is 14.0 Å². The van der Waals surface area contributed by atoms with Crippen molar-refractivity contribution in [2.75, 3.05) is 13.1 Å². The second-order valence-corrected chi connectivity index (χ2v) is 4.77. The molecule has 1 fully saturated rings. The minimum atomic E-state index is -0.769. The molecule has 3 rings (SSSR count). The highest BCUT2D eigenvalue weighted by Crippen LogP contribution is 2.12. The van der Waals surface area contributed by atoms with Crippen LogP contribution < -0.4 is 5.63 Å². The van der Waals surface area contributed by atoms with Gasteiger partial charge in [0.05, 0.1) is 0 Å². The van der Waals surface area contributed by atoms with Gasteiger partial charge in [0.25, 0.3) is 0 Å². The van der Waals surface area contributed by atoms with Crippen LogP contribution in [0.5, 0.6) is 0 Å². The standard InChI is InChI=1S/C9H5FO2.C6H11NO2/c10-7-2-3-8-6(5-7)1-4-9(11)12-8;8-6(9)7-4-2-1-3-5-7/h1-5H;1-5H2,(H,8,9). The van der Waals surface area contributed by atoms with Gasteiger partial charge in [-0.3, -0.25) is 0 Å². The molecule has 1 N–H and O–H groups in total. The Kier molecular flexibility index (Phi) is 4.92. The van der Waals surface area contributed by atoms with Crippen LogP contribution >= 0.6 is 0 Å². The second kappa shape index (κ2) is 6.88. The van der Waals surface area contributed by atoms with Crippen LogP contribution in [0.3, 0.4) is 0 Å². The van der Waals surface area contributed by atoms with Crippen molar-refractivity contribution < 1.29 is 18.7 Å². The average Bonchev–Trinajstić information content (AvgIpc) is 2.49. The normalized spacial score (nSPS) is 14.4. The van der Waals surface area contributed by atoms with E-state index < -0.39 is 11.7 Å². The minimum Gasteiger partial charge on any atom is -0.465 e. The number of fused-ring (bicyclic) bond motifs is 1. The molecule has 112 valence electrons. The van der Waals surface area contributed by atoms with E-state index in [1.807, 2.05) is 0 Å². The lowest BCUT2D eigenvalue weighted by molar-refractivity contribution is 0.136. The molecule has 5 nitrogen and oxygen atoms in total. The van der Waals surface area contributed by atoms with Crippen LogP contribution in [0.2, 0.25) is 0 Å². The van der Waals surface area contributed by atoms with Gasteiger partial charge >= 0.3 is 11.7 Å². The summed E-state index contributed by atoms with van der Waals surface area (Å²) in [5.74, 6) is -0.337. The Labute approximate surface area is 120 Å². The third kappa shape index (κ3) is 4.30. The Morgan fingerprint density at radius 3 is 2.48 bits per heavy atom. The second-order valence-electron chi connectivity index (χ2n) is 4.77. The largest absolute Gasteiger partial charge is 0.465 e. The number of piperidine rings is 1. The van der Waals surface area contributed by atoms with Gasteiger partial charge in [0.15, 0.2) is 0 Å². The molecule has 1 saturated heterocycles. The quantitative estimate of drug-likeness (QED) is 0.758. The first-order valence-corrected chi connectivity index (χ1v) is 6.73. The zero-order valence-electron chi connectivity index (χ0n) is 11.4. The molecule has 0 unspecified atom stereocenters. The summed E-state index contributed by atoms with van der Waals surface area (Å²) in [6, 6.07) is 6.81. The van der Waals surface area contributed by atoms with E-state index in [-0.39, 0.29) is 5.82 Å². The molecule has 0 atom stereocenters. The van der Waals surface area contributed by atoms with Gasteiger partial charge in [0.2, 0.25) is 0 Å². The molecule has 2 aromatic rings. The summed E-state index contributed by atoms with van der Waals surface area (Å²) in [7, 11) is 0. The van der Waals surface area contributed by atoms with Crippen molar-refractivity contribution in [2.45, 2.75) is 19.3 Å². The highest BCUT2D eigenvalue weighted by molar-refractivity contribution is 5.75. The van der Waals surface area contributed by atoms with Gasteiger partial charge < -0.3 is 14.4 Å². The summed E-state index contributed by atoms with van der Waals surface area (Å²) in [6.45, 7) is 1.46. The molecule has 1 amide bonds. The van der Waals surface area contributed by atoms with E-state index in [4.69, 9.17) is 9.52 Å². The Hall–Kier alpha value is -2.37. The van der Waals surface area contributed by atoms with E-state index in [0.717, 1.165) is 25.9 Å². The molecule has 2 heterocycles. The smallest absolute Gasteiger partial charge is 0.407 e. The molecule has 0 bridgehead atoms. The maximum atomic E-state index is 12.6. The molecular weight excluding hydrogens is 277 g/mol. The van der Waals surface area contributed by atoms with Crippen molar-refractivity contribution in [1.82, 2.24) is 4.90 Å².